The average Bonchev–Trinajstić information content (AvgIpc) is 3.39. The number of carbonyl (C=O) groups is 3. The van der Waals surface area contributed by atoms with Crippen LogP contribution in [0.1, 0.15) is 367 Å². The second-order valence-electron chi connectivity index (χ2n) is 22.4. The van der Waals surface area contributed by atoms with Crippen LogP contribution in [0.15, 0.2) is 24.3 Å². The third-order valence-corrected chi connectivity index (χ3v) is 15.0. The molecule has 0 saturated carbocycles. The van der Waals surface area contributed by atoms with E-state index in [1.54, 1.807) is 0 Å². The summed E-state index contributed by atoms with van der Waals surface area (Å²) in [5, 5.41) is 0. The summed E-state index contributed by atoms with van der Waals surface area (Å²) in [5.74, 6) is -0.861. The van der Waals surface area contributed by atoms with Gasteiger partial charge in [-0.2, -0.15) is 0 Å². The Bertz CT molecular complexity index is 1180. The van der Waals surface area contributed by atoms with Gasteiger partial charge in [-0.05, 0) is 51.4 Å². The first-order valence-corrected chi connectivity index (χ1v) is 32.8. The van der Waals surface area contributed by atoms with Gasteiger partial charge in [0.2, 0.25) is 0 Å². The highest BCUT2D eigenvalue weighted by Crippen LogP contribution is 2.18. The van der Waals surface area contributed by atoms with E-state index in [0.717, 1.165) is 77.0 Å². The molecule has 0 aromatic heterocycles. The number of ether oxygens (including phenoxy) is 3. The summed E-state index contributed by atoms with van der Waals surface area (Å²) in [6.07, 6.45) is 74.9. The number of carbonyl (C=O) groups excluding carboxylic acids is 3. The van der Waals surface area contributed by atoms with Crippen LogP contribution in [0.3, 0.4) is 0 Å². The van der Waals surface area contributed by atoms with E-state index in [1.165, 1.54) is 250 Å². The average molecular weight is 1030 g/mol. The maximum absolute atomic E-state index is 12.9. The van der Waals surface area contributed by atoms with Crippen LogP contribution in [0.4, 0.5) is 0 Å². The fraction of sp³-hybridized carbons (Fsp3) is 0.896. The molecule has 1 unspecified atom stereocenters. The summed E-state index contributed by atoms with van der Waals surface area (Å²) in [6, 6.07) is 0. The Morgan fingerprint density at radius 1 is 0.274 bits per heavy atom. The normalized spacial score (nSPS) is 12.1. The molecule has 1 atom stereocenters. The van der Waals surface area contributed by atoms with E-state index >= 15 is 0 Å². The van der Waals surface area contributed by atoms with Crippen molar-refractivity contribution in [2.24, 2.45) is 0 Å². The van der Waals surface area contributed by atoms with Crippen molar-refractivity contribution in [2.45, 2.75) is 374 Å². The molecule has 0 spiro atoms. The number of allylic oxidation sites excluding steroid dienone is 4. The van der Waals surface area contributed by atoms with Crippen molar-refractivity contribution in [1.29, 1.82) is 0 Å². The lowest BCUT2D eigenvalue weighted by Crippen LogP contribution is -2.30. The number of esters is 3. The largest absolute Gasteiger partial charge is 0.462 e. The van der Waals surface area contributed by atoms with Gasteiger partial charge in [0.25, 0.3) is 0 Å². The number of unbranched alkanes of at least 4 members (excludes halogenated alkanes) is 46. The molecule has 0 bridgehead atoms. The minimum atomic E-state index is -0.774. The van der Waals surface area contributed by atoms with Gasteiger partial charge in [-0.1, -0.05) is 321 Å². The Labute approximate surface area is 455 Å². The first-order chi connectivity index (χ1) is 36.0. The quantitative estimate of drug-likeness (QED) is 0.0261. The molecule has 0 fully saturated rings. The van der Waals surface area contributed by atoms with Crippen molar-refractivity contribution in [3.63, 3.8) is 0 Å². The molecule has 6 heteroatoms. The predicted octanol–water partition coefficient (Wildman–Crippen LogP) is 22.2. The summed E-state index contributed by atoms with van der Waals surface area (Å²) < 4.78 is 16.9. The van der Waals surface area contributed by atoms with E-state index in [4.69, 9.17) is 14.2 Å². The van der Waals surface area contributed by atoms with Crippen LogP contribution in [0.5, 0.6) is 0 Å². The molecule has 0 aliphatic rings. The summed E-state index contributed by atoms with van der Waals surface area (Å²) in [4.78, 5) is 38.2. The standard InChI is InChI=1S/C67H126O6/c1-4-7-10-13-16-19-22-24-26-28-29-30-31-32-33-34-35-36-37-38-39-41-42-45-48-51-54-57-60-66(69)72-63-64(62-71-65(68)59-56-53-50-47-44-21-18-15-12-9-6-3)73-67(70)61-58-55-52-49-46-43-40-27-25-23-20-17-14-11-8-5-2/h20,23,27,40,64H,4-19,21-22,24-26,28-39,41-63H2,1-3H3/b23-20-,40-27-. The summed E-state index contributed by atoms with van der Waals surface area (Å²) in [6.45, 7) is 6.67. The van der Waals surface area contributed by atoms with E-state index in [-0.39, 0.29) is 31.1 Å². The molecule has 0 heterocycles. The molecule has 430 valence electrons. The molecule has 0 amide bonds. The van der Waals surface area contributed by atoms with Gasteiger partial charge in [0.05, 0.1) is 0 Å². The van der Waals surface area contributed by atoms with E-state index in [9.17, 15) is 14.4 Å². The lowest BCUT2D eigenvalue weighted by molar-refractivity contribution is -0.167. The first kappa shape index (κ1) is 70.9. The summed E-state index contributed by atoms with van der Waals surface area (Å²) in [5.41, 5.74) is 0. The molecule has 0 rings (SSSR count). The predicted molar refractivity (Wildman–Crippen MR) is 316 cm³/mol. The van der Waals surface area contributed by atoms with Gasteiger partial charge in [0.1, 0.15) is 13.2 Å². The fourth-order valence-corrected chi connectivity index (χ4v) is 10.0. The Morgan fingerprint density at radius 3 is 0.767 bits per heavy atom. The van der Waals surface area contributed by atoms with E-state index in [0.29, 0.717) is 19.3 Å². The molecule has 73 heavy (non-hydrogen) atoms. The highest BCUT2D eigenvalue weighted by Gasteiger charge is 2.19. The second-order valence-corrected chi connectivity index (χ2v) is 22.4. The van der Waals surface area contributed by atoms with Gasteiger partial charge in [0, 0.05) is 19.3 Å². The highest BCUT2D eigenvalue weighted by atomic mass is 16.6. The van der Waals surface area contributed by atoms with Gasteiger partial charge in [0.15, 0.2) is 6.10 Å². The van der Waals surface area contributed by atoms with Crippen molar-refractivity contribution in [2.75, 3.05) is 13.2 Å². The fourth-order valence-electron chi connectivity index (χ4n) is 10.0. The maximum Gasteiger partial charge on any atom is 0.306 e. The smallest absolute Gasteiger partial charge is 0.306 e. The molecule has 0 aromatic rings. The topological polar surface area (TPSA) is 78.9 Å². The Balaban J connectivity index is 4.13. The SMILES string of the molecule is CCCCCC/C=C\C/C=C\CCCCCCCC(=O)OC(COC(=O)CCCCCCCCCCCCC)COC(=O)CCCCCCCCCCCCCCCCCCCCCCCCCCCCCC. The lowest BCUT2D eigenvalue weighted by atomic mass is 10.0. The van der Waals surface area contributed by atoms with E-state index in [2.05, 4.69) is 45.1 Å². The lowest BCUT2D eigenvalue weighted by Gasteiger charge is -2.18. The molecule has 6 nitrogen and oxygen atoms in total. The van der Waals surface area contributed by atoms with Crippen molar-refractivity contribution < 1.29 is 28.6 Å². The van der Waals surface area contributed by atoms with Crippen molar-refractivity contribution in [3.05, 3.63) is 24.3 Å². The molecule has 0 aromatic carbocycles. The molecular formula is C67H126O6. The van der Waals surface area contributed by atoms with E-state index < -0.39 is 6.10 Å². The molecule has 0 aliphatic carbocycles. The van der Waals surface area contributed by atoms with Crippen LogP contribution >= 0.6 is 0 Å². The molecule has 0 saturated heterocycles. The number of hydrogen-bond donors (Lipinski definition) is 0. The van der Waals surface area contributed by atoms with Crippen molar-refractivity contribution >= 4 is 17.9 Å². The van der Waals surface area contributed by atoms with Gasteiger partial charge in [-0.15, -0.1) is 0 Å². The molecular weight excluding hydrogens is 901 g/mol. The summed E-state index contributed by atoms with van der Waals surface area (Å²) >= 11 is 0. The second kappa shape index (κ2) is 62.4. The Kier molecular flexibility index (Phi) is 60.6. The van der Waals surface area contributed by atoms with Gasteiger partial charge in [-0.3, -0.25) is 14.4 Å². The van der Waals surface area contributed by atoms with Crippen LogP contribution < -0.4 is 0 Å². The van der Waals surface area contributed by atoms with Crippen molar-refractivity contribution in [1.82, 2.24) is 0 Å². The zero-order valence-corrected chi connectivity index (χ0v) is 49.4. The summed E-state index contributed by atoms with van der Waals surface area (Å²) in [7, 11) is 0. The first-order valence-electron chi connectivity index (χ1n) is 32.8. The number of rotatable bonds is 61. The third kappa shape index (κ3) is 60.6. The molecule has 0 aliphatic heterocycles. The molecule has 0 radical (unpaired) electrons. The van der Waals surface area contributed by atoms with Gasteiger partial charge < -0.3 is 14.2 Å². The highest BCUT2D eigenvalue weighted by molar-refractivity contribution is 5.71. The minimum Gasteiger partial charge on any atom is -0.462 e. The third-order valence-electron chi connectivity index (χ3n) is 15.0. The zero-order valence-electron chi connectivity index (χ0n) is 49.4. The van der Waals surface area contributed by atoms with E-state index in [1.807, 2.05) is 0 Å². The van der Waals surface area contributed by atoms with Crippen LogP contribution in [0.25, 0.3) is 0 Å². The van der Waals surface area contributed by atoms with Gasteiger partial charge in [-0.25, -0.2) is 0 Å². The minimum absolute atomic E-state index is 0.0713. The monoisotopic (exact) mass is 1030 g/mol. The maximum atomic E-state index is 12.9. The molecule has 0 N–H and O–H groups in total. The Morgan fingerprint density at radius 2 is 0.493 bits per heavy atom. The van der Waals surface area contributed by atoms with Gasteiger partial charge >= 0.3 is 17.9 Å². The van der Waals surface area contributed by atoms with Crippen molar-refractivity contribution in [3.8, 4) is 0 Å². The van der Waals surface area contributed by atoms with Crippen LogP contribution in [-0.4, -0.2) is 37.2 Å². The van der Waals surface area contributed by atoms with Crippen LogP contribution in [-0.2, 0) is 28.6 Å². The zero-order chi connectivity index (χ0) is 52.9. The number of hydrogen-bond acceptors (Lipinski definition) is 6. The van der Waals surface area contributed by atoms with Crippen LogP contribution in [0, 0.1) is 0 Å². The Hall–Kier alpha value is -2.11. The van der Waals surface area contributed by atoms with Crippen LogP contribution in [0.2, 0.25) is 0 Å².